The Balaban J connectivity index is 2.37. The van der Waals surface area contributed by atoms with Crippen molar-refractivity contribution in [3.8, 4) is 11.1 Å². The smallest absolute Gasteiger partial charge is 0.0818 e. The fourth-order valence-electron chi connectivity index (χ4n) is 2.25. The van der Waals surface area contributed by atoms with Crippen LogP contribution < -0.4 is 0 Å². The Labute approximate surface area is 98.1 Å². The first-order valence-electron chi connectivity index (χ1n) is 5.03. The van der Waals surface area contributed by atoms with E-state index in [1.807, 2.05) is 30.3 Å². The quantitative estimate of drug-likeness (QED) is 0.581. The molecular weight excluding hydrogens is 219 g/mol. The second-order valence-corrected chi connectivity index (χ2v) is 4.37. The second kappa shape index (κ2) is 3.49. The third-order valence-corrected chi connectivity index (χ3v) is 3.46. The van der Waals surface area contributed by atoms with Gasteiger partial charge in [-0.1, -0.05) is 43.0 Å². The number of halogens is 1. The van der Waals surface area contributed by atoms with Crippen LogP contribution >= 0.6 is 12.1 Å². The predicted molar refractivity (Wildman–Crippen MR) is 67.0 cm³/mol. The molecule has 0 spiro atoms. The fourth-order valence-corrected chi connectivity index (χ4v) is 2.69. The number of benzene rings is 2. The zero-order valence-electron chi connectivity index (χ0n) is 8.53. The van der Waals surface area contributed by atoms with Crippen molar-refractivity contribution in [1.29, 1.82) is 0 Å². The van der Waals surface area contributed by atoms with E-state index in [0.29, 0.717) is 4.90 Å². The van der Waals surface area contributed by atoms with Crippen molar-refractivity contribution >= 4 is 17.7 Å². The molecule has 3 rings (SSSR count). The molecule has 0 heterocycles. The van der Waals surface area contributed by atoms with Crippen LogP contribution in [0.5, 0.6) is 0 Å². The molecule has 0 amide bonds. The van der Waals surface area contributed by atoms with Crippen molar-refractivity contribution in [2.24, 2.45) is 0 Å². The van der Waals surface area contributed by atoms with E-state index in [-0.39, 0.29) is 12.1 Å². The molecule has 78 valence electrons. The van der Waals surface area contributed by atoms with Gasteiger partial charge in [0.25, 0.3) is 0 Å². The molecule has 0 aromatic heterocycles. The Morgan fingerprint density at radius 1 is 0.875 bits per heavy atom. The first kappa shape index (κ1) is 9.67. The monoisotopic (exact) mass is 228 g/mol. The van der Waals surface area contributed by atoms with Crippen LogP contribution in [-0.2, 0) is 0 Å². The molecule has 0 nitrogen and oxygen atoms in total. The third-order valence-electron chi connectivity index (χ3n) is 2.95. The van der Waals surface area contributed by atoms with E-state index < -0.39 is 0 Å². The molecule has 2 aromatic carbocycles. The maximum absolute atomic E-state index is 12.9. The molecule has 1 aliphatic carbocycles. The summed E-state index contributed by atoms with van der Waals surface area (Å²) in [5, 5.41) is 0. The van der Waals surface area contributed by atoms with Crippen LogP contribution in [0.15, 0.2) is 53.9 Å². The standard InChI is InChI=1S/C14H9FS/c1-9-10-5-2-3-6-11(10)12-7-4-8-13(16-15)14(9)12/h2-8H,1H2. The molecule has 1 aliphatic rings. The Bertz CT molecular complexity index is 587. The molecule has 0 radical (unpaired) electrons. The van der Waals surface area contributed by atoms with Gasteiger partial charge in [-0.25, -0.2) is 0 Å². The maximum Gasteiger partial charge on any atom is 0.0818 e. The molecule has 0 atom stereocenters. The lowest BCUT2D eigenvalue weighted by molar-refractivity contribution is 0.933. The van der Waals surface area contributed by atoms with Crippen molar-refractivity contribution in [1.82, 2.24) is 0 Å². The molecule has 0 fully saturated rings. The average molecular weight is 228 g/mol. The highest BCUT2D eigenvalue weighted by Gasteiger charge is 2.24. The van der Waals surface area contributed by atoms with Crippen LogP contribution in [0.1, 0.15) is 11.1 Å². The minimum atomic E-state index is 0.288. The van der Waals surface area contributed by atoms with Crippen LogP contribution in [0, 0.1) is 0 Å². The molecule has 2 aromatic rings. The van der Waals surface area contributed by atoms with E-state index in [0.717, 1.165) is 27.8 Å². The van der Waals surface area contributed by atoms with Crippen molar-refractivity contribution in [2.75, 3.05) is 0 Å². The van der Waals surface area contributed by atoms with Gasteiger partial charge in [-0.2, -0.15) is 3.89 Å². The Morgan fingerprint density at radius 2 is 1.56 bits per heavy atom. The molecule has 16 heavy (non-hydrogen) atoms. The molecule has 0 saturated heterocycles. The topological polar surface area (TPSA) is 0 Å². The molecule has 0 unspecified atom stereocenters. The van der Waals surface area contributed by atoms with Gasteiger partial charge in [0.15, 0.2) is 0 Å². The average Bonchev–Trinajstić information content (AvgIpc) is 2.64. The Hall–Kier alpha value is -1.54. The SMILES string of the molecule is C=C1c2ccccc2-c2cccc(SF)c21. The normalized spacial score (nSPS) is 12.4. The van der Waals surface area contributed by atoms with Crippen LogP contribution in [0.3, 0.4) is 0 Å². The molecular formula is C14H9FS. The van der Waals surface area contributed by atoms with E-state index in [1.165, 1.54) is 0 Å². The zero-order chi connectivity index (χ0) is 11.1. The lowest BCUT2D eigenvalue weighted by Gasteiger charge is -2.03. The highest BCUT2D eigenvalue weighted by Crippen LogP contribution is 2.47. The summed E-state index contributed by atoms with van der Waals surface area (Å²) in [6, 6.07) is 13.8. The Kier molecular flexibility index (Phi) is 2.11. The van der Waals surface area contributed by atoms with Gasteiger partial charge < -0.3 is 0 Å². The van der Waals surface area contributed by atoms with Gasteiger partial charge in [0.2, 0.25) is 0 Å². The molecule has 0 N–H and O–H groups in total. The maximum atomic E-state index is 12.9. The fraction of sp³-hybridized carbons (Fsp3) is 0. The molecule has 0 aliphatic heterocycles. The summed E-state index contributed by atoms with van der Waals surface area (Å²) in [6.07, 6.45) is 0. The van der Waals surface area contributed by atoms with Crippen molar-refractivity contribution in [3.05, 3.63) is 60.2 Å². The van der Waals surface area contributed by atoms with E-state index in [1.54, 1.807) is 6.07 Å². The number of rotatable bonds is 1. The second-order valence-electron chi connectivity index (χ2n) is 3.78. The lowest BCUT2D eigenvalue weighted by atomic mass is 10.1. The zero-order valence-corrected chi connectivity index (χ0v) is 9.35. The Morgan fingerprint density at radius 3 is 2.31 bits per heavy atom. The summed E-state index contributed by atoms with van der Waals surface area (Å²) in [7, 11) is 0. The minimum Gasteiger partial charge on any atom is -0.160 e. The molecule has 0 saturated carbocycles. The van der Waals surface area contributed by atoms with Crippen LogP contribution in [0.4, 0.5) is 3.89 Å². The third kappa shape index (κ3) is 1.17. The van der Waals surface area contributed by atoms with Crippen LogP contribution in [0.25, 0.3) is 16.7 Å². The first-order chi connectivity index (χ1) is 7.83. The van der Waals surface area contributed by atoms with E-state index >= 15 is 0 Å². The highest BCUT2D eigenvalue weighted by molar-refractivity contribution is 7.94. The highest BCUT2D eigenvalue weighted by atomic mass is 32.2. The van der Waals surface area contributed by atoms with E-state index in [2.05, 4.69) is 12.6 Å². The first-order valence-corrected chi connectivity index (χ1v) is 5.75. The van der Waals surface area contributed by atoms with Gasteiger partial charge in [0, 0.05) is 10.5 Å². The van der Waals surface area contributed by atoms with Crippen molar-refractivity contribution in [3.63, 3.8) is 0 Å². The summed E-state index contributed by atoms with van der Waals surface area (Å²) in [5.74, 6) is 0. The van der Waals surface area contributed by atoms with Crippen molar-refractivity contribution in [2.45, 2.75) is 4.90 Å². The largest absolute Gasteiger partial charge is 0.160 e. The van der Waals surface area contributed by atoms with Gasteiger partial charge in [0.05, 0.1) is 12.1 Å². The summed E-state index contributed by atoms with van der Waals surface area (Å²) < 4.78 is 12.9. The van der Waals surface area contributed by atoms with Gasteiger partial charge in [-0.05, 0) is 28.3 Å². The van der Waals surface area contributed by atoms with E-state index in [4.69, 9.17) is 0 Å². The summed E-state index contributed by atoms with van der Waals surface area (Å²) >= 11 is 0.288. The van der Waals surface area contributed by atoms with E-state index in [9.17, 15) is 3.89 Å². The van der Waals surface area contributed by atoms with Crippen LogP contribution in [0.2, 0.25) is 0 Å². The van der Waals surface area contributed by atoms with Gasteiger partial charge in [0.1, 0.15) is 0 Å². The number of fused-ring (bicyclic) bond motifs is 3. The predicted octanol–water partition coefficient (Wildman–Crippen LogP) is 4.71. The molecule has 0 bridgehead atoms. The van der Waals surface area contributed by atoms with Crippen molar-refractivity contribution < 1.29 is 3.89 Å². The van der Waals surface area contributed by atoms with Crippen LogP contribution in [-0.4, -0.2) is 0 Å². The van der Waals surface area contributed by atoms with Gasteiger partial charge in [-0.3, -0.25) is 0 Å². The van der Waals surface area contributed by atoms with Gasteiger partial charge >= 0.3 is 0 Å². The number of hydrogen-bond acceptors (Lipinski definition) is 1. The van der Waals surface area contributed by atoms with Gasteiger partial charge in [-0.15, -0.1) is 0 Å². The lowest BCUT2D eigenvalue weighted by Crippen LogP contribution is -1.81. The summed E-state index contributed by atoms with van der Waals surface area (Å²) in [5.41, 5.74) is 5.21. The molecule has 2 heteroatoms. The summed E-state index contributed by atoms with van der Waals surface area (Å²) in [6.45, 7) is 4.07. The number of hydrogen-bond donors (Lipinski definition) is 0. The summed E-state index contributed by atoms with van der Waals surface area (Å²) in [4.78, 5) is 0.652. The minimum absolute atomic E-state index is 0.288.